The second-order valence-electron chi connectivity index (χ2n) is 3.77. The van der Waals surface area contributed by atoms with E-state index in [2.05, 4.69) is 4.98 Å². The molecular weight excluding hydrogens is 244 g/mol. The van der Waals surface area contributed by atoms with Crippen LogP contribution in [-0.2, 0) is 9.53 Å². The van der Waals surface area contributed by atoms with Gasteiger partial charge in [-0.15, -0.1) is 11.3 Å². The molecule has 2 heterocycles. The maximum absolute atomic E-state index is 12.1. The summed E-state index contributed by atoms with van der Waals surface area (Å²) >= 11 is 1.20. The molecule has 6 nitrogen and oxygen atoms in total. The first-order valence-corrected chi connectivity index (χ1v) is 5.96. The van der Waals surface area contributed by atoms with Crippen LogP contribution in [0.25, 0.3) is 0 Å². The van der Waals surface area contributed by atoms with Crippen molar-refractivity contribution >= 4 is 23.2 Å². The summed E-state index contributed by atoms with van der Waals surface area (Å²) < 4.78 is 5.12. The number of carboxylic acid groups (broad SMARTS) is 1. The fraction of sp³-hybridized carbons (Fsp3) is 0.500. The number of thiazole rings is 1. The summed E-state index contributed by atoms with van der Waals surface area (Å²) in [5.41, 5.74) is 1.55. The summed E-state index contributed by atoms with van der Waals surface area (Å²) in [6.45, 7) is 0.310. The van der Waals surface area contributed by atoms with Crippen molar-refractivity contribution < 1.29 is 19.4 Å². The van der Waals surface area contributed by atoms with Crippen molar-refractivity contribution in [1.29, 1.82) is 0 Å². The number of methoxy groups -OCH3 is 1. The summed E-state index contributed by atoms with van der Waals surface area (Å²) in [4.78, 5) is 28.8. The molecule has 17 heavy (non-hydrogen) atoms. The molecular formula is C10H12N2O4S. The van der Waals surface area contributed by atoms with E-state index >= 15 is 0 Å². The van der Waals surface area contributed by atoms with Gasteiger partial charge < -0.3 is 14.7 Å². The van der Waals surface area contributed by atoms with Crippen LogP contribution in [-0.4, -0.2) is 52.7 Å². The number of nitrogens with zero attached hydrogens (tertiary/aromatic N) is 2. The number of aliphatic carboxylic acids is 1. The van der Waals surface area contributed by atoms with Gasteiger partial charge in [0.2, 0.25) is 0 Å². The molecule has 0 aromatic carbocycles. The number of amides is 1. The Morgan fingerprint density at radius 3 is 2.94 bits per heavy atom. The van der Waals surface area contributed by atoms with Gasteiger partial charge in [-0.05, 0) is 0 Å². The third kappa shape index (κ3) is 2.29. The second-order valence-corrected chi connectivity index (χ2v) is 4.66. The summed E-state index contributed by atoms with van der Waals surface area (Å²) in [6.07, 6.45) is 1.57. The van der Waals surface area contributed by atoms with Crippen molar-refractivity contribution in [2.75, 3.05) is 13.7 Å². The lowest BCUT2D eigenvalue weighted by Crippen LogP contribution is -2.40. The smallest absolute Gasteiger partial charge is 0.326 e. The Morgan fingerprint density at radius 1 is 1.65 bits per heavy atom. The number of carbonyl (C=O) groups excluding carboxylic acids is 1. The predicted molar refractivity (Wildman–Crippen MR) is 60.0 cm³/mol. The van der Waals surface area contributed by atoms with E-state index in [0.717, 1.165) is 0 Å². The lowest BCUT2D eigenvalue weighted by Gasteiger charge is -2.20. The van der Waals surface area contributed by atoms with Gasteiger partial charge in [0.25, 0.3) is 5.91 Å². The molecule has 1 aliphatic rings. The van der Waals surface area contributed by atoms with Crippen LogP contribution in [0, 0.1) is 0 Å². The van der Waals surface area contributed by atoms with Gasteiger partial charge >= 0.3 is 5.97 Å². The lowest BCUT2D eigenvalue weighted by atomic mass is 10.2. The maximum Gasteiger partial charge on any atom is 0.326 e. The number of aromatic nitrogens is 1. The largest absolute Gasteiger partial charge is 0.480 e. The number of hydrogen-bond donors (Lipinski definition) is 1. The van der Waals surface area contributed by atoms with Crippen molar-refractivity contribution in [2.45, 2.75) is 18.6 Å². The molecule has 1 aromatic rings. The average molecular weight is 256 g/mol. The zero-order valence-corrected chi connectivity index (χ0v) is 10.0. The first kappa shape index (κ1) is 12.0. The van der Waals surface area contributed by atoms with E-state index in [9.17, 15) is 9.59 Å². The van der Waals surface area contributed by atoms with Gasteiger partial charge in [-0.2, -0.15) is 0 Å². The van der Waals surface area contributed by atoms with Gasteiger partial charge in [0.1, 0.15) is 10.9 Å². The fourth-order valence-electron chi connectivity index (χ4n) is 1.89. The minimum absolute atomic E-state index is 0.215. The summed E-state index contributed by atoms with van der Waals surface area (Å²) in [5, 5.41) is 9.08. The molecule has 0 bridgehead atoms. The summed E-state index contributed by atoms with van der Waals surface area (Å²) in [5.74, 6) is -1.29. The topological polar surface area (TPSA) is 79.7 Å². The standard InChI is InChI=1S/C10H12N2O4S/c1-16-6-2-7(10(14)15)12(4-6)9(13)8-3-11-5-17-8/h3,5-7H,2,4H2,1H3,(H,14,15). The highest BCUT2D eigenvalue weighted by atomic mass is 32.1. The molecule has 1 saturated heterocycles. The van der Waals surface area contributed by atoms with Crippen molar-refractivity contribution in [1.82, 2.24) is 9.88 Å². The van der Waals surface area contributed by atoms with Gasteiger partial charge in [0.05, 0.1) is 17.8 Å². The Bertz CT molecular complexity index is 420. The second kappa shape index (κ2) is 4.80. The highest BCUT2D eigenvalue weighted by Crippen LogP contribution is 2.23. The van der Waals surface area contributed by atoms with Crippen LogP contribution in [0.4, 0.5) is 0 Å². The van der Waals surface area contributed by atoms with Crippen molar-refractivity contribution in [3.63, 3.8) is 0 Å². The molecule has 2 rings (SSSR count). The Kier molecular flexibility index (Phi) is 3.39. The van der Waals surface area contributed by atoms with Crippen LogP contribution in [0.5, 0.6) is 0 Å². The lowest BCUT2D eigenvalue weighted by molar-refractivity contribution is -0.141. The summed E-state index contributed by atoms with van der Waals surface area (Å²) in [7, 11) is 1.52. The molecule has 1 N–H and O–H groups in total. The molecule has 2 atom stereocenters. The SMILES string of the molecule is COC1CC(C(=O)O)N(C(=O)c2cncs2)C1. The quantitative estimate of drug-likeness (QED) is 0.849. The number of hydrogen-bond acceptors (Lipinski definition) is 5. The molecule has 0 aliphatic carbocycles. The highest BCUT2D eigenvalue weighted by molar-refractivity contribution is 7.11. The van der Waals surface area contributed by atoms with E-state index in [1.165, 1.54) is 29.5 Å². The van der Waals surface area contributed by atoms with Crippen LogP contribution in [0.15, 0.2) is 11.7 Å². The minimum atomic E-state index is -0.998. The van der Waals surface area contributed by atoms with Gasteiger partial charge in [0.15, 0.2) is 0 Å². The van der Waals surface area contributed by atoms with E-state index in [-0.39, 0.29) is 12.0 Å². The molecule has 0 spiro atoms. The van der Waals surface area contributed by atoms with Crippen LogP contribution < -0.4 is 0 Å². The monoisotopic (exact) mass is 256 g/mol. The van der Waals surface area contributed by atoms with E-state index in [0.29, 0.717) is 17.8 Å². The predicted octanol–water partition coefficient (Wildman–Crippen LogP) is 0.457. The van der Waals surface area contributed by atoms with Crippen LogP contribution in [0.2, 0.25) is 0 Å². The third-order valence-electron chi connectivity index (χ3n) is 2.79. The molecule has 1 aliphatic heterocycles. The number of ether oxygens (including phenoxy) is 1. The van der Waals surface area contributed by atoms with E-state index in [1.807, 2.05) is 0 Å². The Morgan fingerprint density at radius 2 is 2.41 bits per heavy atom. The van der Waals surface area contributed by atoms with Gasteiger partial charge in [-0.1, -0.05) is 0 Å². The fourth-order valence-corrected chi connectivity index (χ4v) is 2.46. The van der Waals surface area contributed by atoms with Crippen LogP contribution >= 0.6 is 11.3 Å². The van der Waals surface area contributed by atoms with Gasteiger partial charge in [-0.3, -0.25) is 9.78 Å². The maximum atomic E-state index is 12.1. The molecule has 1 aromatic heterocycles. The normalized spacial score (nSPS) is 23.9. The first-order valence-electron chi connectivity index (χ1n) is 5.08. The molecule has 1 amide bonds. The Labute approximate surface area is 102 Å². The van der Waals surface area contributed by atoms with Crippen LogP contribution in [0.1, 0.15) is 16.1 Å². The number of rotatable bonds is 3. The van der Waals surface area contributed by atoms with Crippen LogP contribution in [0.3, 0.4) is 0 Å². The van der Waals surface area contributed by atoms with Gasteiger partial charge in [-0.25, -0.2) is 4.79 Å². The summed E-state index contributed by atoms with van der Waals surface area (Å²) in [6, 6.07) is -0.811. The number of carbonyl (C=O) groups is 2. The van der Waals surface area contributed by atoms with Crippen molar-refractivity contribution in [3.8, 4) is 0 Å². The van der Waals surface area contributed by atoms with Crippen molar-refractivity contribution in [3.05, 3.63) is 16.6 Å². The van der Waals surface area contributed by atoms with E-state index < -0.39 is 12.0 Å². The average Bonchev–Trinajstić information content (AvgIpc) is 2.97. The van der Waals surface area contributed by atoms with E-state index in [1.54, 1.807) is 5.51 Å². The molecule has 2 unspecified atom stereocenters. The third-order valence-corrected chi connectivity index (χ3v) is 3.55. The molecule has 0 radical (unpaired) electrons. The number of likely N-dealkylation sites (tertiary alicyclic amines) is 1. The molecule has 0 saturated carbocycles. The van der Waals surface area contributed by atoms with E-state index in [4.69, 9.17) is 9.84 Å². The Balaban J connectivity index is 2.18. The molecule has 7 heteroatoms. The first-order chi connectivity index (χ1) is 8.13. The number of carboxylic acids is 1. The zero-order chi connectivity index (χ0) is 12.4. The highest BCUT2D eigenvalue weighted by Gasteiger charge is 2.40. The van der Waals surface area contributed by atoms with Crippen molar-refractivity contribution in [2.24, 2.45) is 0 Å². The van der Waals surface area contributed by atoms with Gasteiger partial charge in [0, 0.05) is 20.1 Å². The minimum Gasteiger partial charge on any atom is -0.480 e. The molecule has 1 fully saturated rings. The molecule has 92 valence electrons. The zero-order valence-electron chi connectivity index (χ0n) is 9.20. The Hall–Kier alpha value is -1.47.